The van der Waals surface area contributed by atoms with Crippen molar-refractivity contribution >= 4 is 48.2 Å². The third-order valence-corrected chi connectivity index (χ3v) is 5.67. The summed E-state index contributed by atoms with van der Waals surface area (Å²) in [4.78, 5) is 14.9. The molecule has 0 aliphatic carbocycles. The van der Waals surface area contributed by atoms with Gasteiger partial charge in [-0.05, 0) is 23.6 Å². The molecule has 0 saturated heterocycles. The quantitative estimate of drug-likeness (QED) is 0.571. The molecule has 0 amide bonds. The molecule has 2 aromatic heterocycles. The second kappa shape index (κ2) is 6.99. The minimum atomic E-state index is -2.98. The molecule has 0 saturated carbocycles. The van der Waals surface area contributed by atoms with Crippen LogP contribution in [0, 0.1) is 0 Å². The summed E-state index contributed by atoms with van der Waals surface area (Å²) in [5.74, 6) is 0.205. The highest BCUT2D eigenvalue weighted by atomic mass is 32.2. The highest BCUT2D eigenvalue weighted by Crippen LogP contribution is 2.33. The van der Waals surface area contributed by atoms with Gasteiger partial charge in [0.2, 0.25) is 0 Å². The number of aromatic hydroxyl groups is 1. The van der Waals surface area contributed by atoms with Crippen LogP contribution in [0.4, 0.5) is 0 Å². The van der Waals surface area contributed by atoms with Crippen molar-refractivity contribution in [2.75, 3.05) is 25.1 Å². The van der Waals surface area contributed by atoms with E-state index in [4.69, 9.17) is 0 Å². The Morgan fingerprint density at radius 2 is 2.12 bits per heavy atom. The van der Waals surface area contributed by atoms with Gasteiger partial charge in [0.1, 0.15) is 20.3 Å². The Labute approximate surface area is 148 Å². The van der Waals surface area contributed by atoms with E-state index < -0.39 is 9.84 Å². The molecule has 1 aromatic carbocycles. The number of fused-ring (bicyclic) bond motifs is 3. The zero-order valence-electron chi connectivity index (χ0n) is 13.6. The van der Waals surface area contributed by atoms with Crippen molar-refractivity contribution in [2.45, 2.75) is 0 Å². The minimum absolute atomic E-state index is 0.0805. The normalized spacial score (nSPS) is 12.5. The maximum atomic E-state index is 12.1. The summed E-state index contributed by atoms with van der Waals surface area (Å²) in [6.45, 7) is 0.842. The van der Waals surface area contributed by atoms with Gasteiger partial charge in [0.05, 0.1) is 5.75 Å². The lowest BCUT2D eigenvalue weighted by Gasteiger charge is -2.07. The zero-order valence-corrected chi connectivity index (χ0v) is 15.2. The van der Waals surface area contributed by atoms with Gasteiger partial charge >= 0.3 is 0 Å². The van der Waals surface area contributed by atoms with E-state index in [1.54, 1.807) is 18.2 Å². The van der Waals surface area contributed by atoms with Crippen LogP contribution in [0.15, 0.2) is 34.4 Å². The van der Waals surface area contributed by atoms with E-state index in [-0.39, 0.29) is 17.1 Å². The first-order chi connectivity index (χ1) is 11.9. The average Bonchev–Trinajstić information content (AvgIpc) is 3.02. The smallest absolute Gasteiger partial charge is 0.266 e. The molecule has 8 heteroatoms. The van der Waals surface area contributed by atoms with Crippen LogP contribution < -0.4 is 10.9 Å². The van der Waals surface area contributed by atoms with Gasteiger partial charge in [-0.2, -0.15) is 0 Å². The molecule has 0 unspecified atom stereocenters. The van der Waals surface area contributed by atoms with E-state index in [1.807, 2.05) is 17.5 Å². The molecule has 25 heavy (non-hydrogen) atoms. The number of aromatic amines is 1. The summed E-state index contributed by atoms with van der Waals surface area (Å²) >= 11 is 1.36. The molecule has 0 radical (unpaired) electrons. The van der Waals surface area contributed by atoms with E-state index in [9.17, 15) is 18.3 Å². The molecule has 132 valence electrons. The van der Waals surface area contributed by atoms with Gasteiger partial charge < -0.3 is 15.4 Å². The second-order valence-corrected chi connectivity index (χ2v) is 8.95. The molecule has 0 spiro atoms. The lowest BCUT2D eigenvalue weighted by atomic mass is 10.0. The number of rotatable bonds is 6. The molecular weight excluding hydrogens is 360 g/mol. The first-order valence-electron chi connectivity index (χ1n) is 7.67. The minimum Gasteiger partial charge on any atom is -0.507 e. The number of pyridine rings is 1. The van der Waals surface area contributed by atoms with Crippen molar-refractivity contribution in [3.63, 3.8) is 0 Å². The number of phenolic OH excluding ortho intramolecular Hbond substituents is 1. The maximum absolute atomic E-state index is 12.1. The predicted molar refractivity (Wildman–Crippen MR) is 103 cm³/mol. The van der Waals surface area contributed by atoms with E-state index in [2.05, 4.69) is 10.3 Å². The molecule has 3 N–H and O–H groups in total. The van der Waals surface area contributed by atoms with E-state index in [0.29, 0.717) is 28.9 Å². The topological polar surface area (TPSA) is 99.3 Å². The number of phenols is 1. The molecule has 0 aliphatic rings. The van der Waals surface area contributed by atoms with Crippen molar-refractivity contribution in [1.29, 1.82) is 0 Å². The highest BCUT2D eigenvalue weighted by molar-refractivity contribution is 7.90. The molecule has 0 fully saturated rings. The highest BCUT2D eigenvalue weighted by Gasteiger charge is 2.11. The number of aromatic nitrogens is 1. The SMILES string of the molecule is CS(=O)(=O)CCNCC=Cc1c(O)ccc2[nH]c(=O)c3sccc3c12. The predicted octanol–water partition coefficient (Wildman–Crippen LogP) is 2.10. The number of benzene rings is 1. The van der Waals surface area contributed by atoms with Gasteiger partial charge in [-0.1, -0.05) is 12.2 Å². The lowest BCUT2D eigenvalue weighted by Crippen LogP contribution is -2.22. The van der Waals surface area contributed by atoms with Crippen molar-refractivity contribution < 1.29 is 13.5 Å². The van der Waals surface area contributed by atoms with E-state index >= 15 is 0 Å². The number of nitrogens with one attached hydrogen (secondary N) is 2. The van der Waals surface area contributed by atoms with Crippen LogP contribution in [0.5, 0.6) is 5.75 Å². The van der Waals surface area contributed by atoms with Crippen LogP contribution >= 0.6 is 11.3 Å². The fourth-order valence-electron chi connectivity index (χ4n) is 2.65. The largest absolute Gasteiger partial charge is 0.507 e. The van der Waals surface area contributed by atoms with E-state index in [0.717, 1.165) is 10.8 Å². The van der Waals surface area contributed by atoms with Crippen molar-refractivity contribution in [3.05, 3.63) is 45.6 Å². The number of hydrogen-bond acceptors (Lipinski definition) is 6. The summed E-state index contributed by atoms with van der Waals surface area (Å²) in [5.41, 5.74) is 1.15. The molecule has 0 aliphatic heterocycles. The summed E-state index contributed by atoms with van der Waals surface area (Å²) in [6.07, 6.45) is 4.80. The molecule has 6 nitrogen and oxygen atoms in total. The van der Waals surface area contributed by atoms with Crippen molar-refractivity contribution in [1.82, 2.24) is 10.3 Å². The fraction of sp³-hybridized carbons (Fsp3) is 0.235. The number of sulfone groups is 1. The lowest BCUT2D eigenvalue weighted by molar-refractivity contribution is 0.475. The summed E-state index contributed by atoms with van der Waals surface area (Å²) < 4.78 is 22.8. The Kier molecular flexibility index (Phi) is 4.94. The van der Waals surface area contributed by atoms with Crippen LogP contribution in [0.25, 0.3) is 27.1 Å². The van der Waals surface area contributed by atoms with Crippen molar-refractivity contribution in [3.8, 4) is 5.75 Å². The van der Waals surface area contributed by atoms with Crippen molar-refractivity contribution in [2.24, 2.45) is 0 Å². The average molecular weight is 378 g/mol. The second-order valence-electron chi connectivity index (χ2n) is 5.77. The van der Waals surface area contributed by atoms with Gasteiger partial charge in [0, 0.05) is 41.2 Å². The van der Waals surface area contributed by atoms with Gasteiger partial charge in [0.15, 0.2) is 0 Å². The third kappa shape index (κ3) is 3.92. The maximum Gasteiger partial charge on any atom is 0.266 e. The van der Waals surface area contributed by atoms with Gasteiger partial charge in [0.25, 0.3) is 5.56 Å². The van der Waals surface area contributed by atoms with Crippen LogP contribution in [0.3, 0.4) is 0 Å². The van der Waals surface area contributed by atoms with E-state index in [1.165, 1.54) is 17.6 Å². The van der Waals surface area contributed by atoms with Gasteiger partial charge in [-0.3, -0.25) is 4.79 Å². The zero-order chi connectivity index (χ0) is 18.0. The fourth-order valence-corrected chi connectivity index (χ4v) is 3.96. The van der Waals surface area contributed by atoms with Crippen LogP contribution in [-0.4, -0.2) is 43.6 Å². The van der Waals surface area contributed by atoms with Crippen LogP contribution in [-0.2, 0) is 9.84 Å². The standard InChI is InChI=1S/C17H18N2O4S2/c1-25(22,23)10-8-18-7-2-3-11-14(20)5-4-13-15(11)12-6-9-24-16(12)17(21)19-13/h2-6,9,18,20H,7-8,10H2,1H3,(H,19,21). The molecule has 3 rings (SSSR count). The monoisotopic (exact) mass is 378 g/mol. The Bertz CT molecular complexity index is 1110. The van der Waals surface area contributed by atoms with Gasteiger partial charge in [-0.25, -0.2) is 8.42 Å². The molecule has 3 aromatic rings. The number of H-pyrrole nitrogens is 1. The third-order valence-electron chi connectivity index (χ3n) is 3.81. The van der Waals surface area contributed by atoms with Crippen LogP contribution in [0.2, 0.25) is 0 Å². The van der Waals surface area contributed by atoms with Crippen LogP contribution in [0.1, 0.15) is 5.56 Å². The summed E-state index contributed by atoms with van der Waals surface area (Å²) in [5, 5.41) is 16.7. The summed E-state index contributed by atoms with van der Waals surface area (Å²) in [7, 11) is -2.98. The summed E-state index contributed by atoms with van der Waals surface area (Å²) in [6, 6.07) is 5.11. The Morgan fingerprint density at radius 1 is 1.32 bits per heavy atom. The Balaban J connectivity index is 1.91. The number of thiophene rings is 1. The first kappa shape index (κ1) is 17.7. The number of hydrogen-bond donors (Lipinski definition) is 3. The Morgan fingerprint density at radius 3 is 2.88 bits per heavy atom. The van der Waals surface area contributed by atoms with Gasteiger partial charge in [-0.15, -0.1) is 11.3 Å². The molecule has 2 heterocycles. The Hall–Kier alpha value is -2.16. The molecular formula is C17H18N2O4S2. The molecule has 0 bridgehead atoms. The molecule has 0 atom stereocenters. The first-order valence-corrected chi connectivity index (χ1v) is 10.6.